The summed E-state index contributed by atoms with van der Waals surface area (Å²) in [5, 5.41) is 3.32. The van der Waals surface area contributed by atoms with Crippen LogP contribution in [0.2, 0.25) is 0 Å². The Labute approximate surface area is 116 Å². The van der Waals surface area contributed by atoms with Crippen LogP contribution < -0.4 is 5.32 Å². The third-order valence-electron chi connectivity index (χ3n) is 3.82. The summed E-state index contributed by atoms with van der Waals surface area (Å²) in [6.45, 7) is 7.71. The first-order chi connectivity index (χ1) is 9.19. The molecule has 1 aliphatic heterocycles. The van der Waals surface area contributed by atoms with Crippen LogP contribution in [0.5, 0.6) is 0 Å². The lowest BCUT2D eigenvalue weighted by Gasteiger charge is -2.22. The average molecular weight is 260 g/mol. The topological polar surface area (TPSA) is 32.3 Å². The third-order valence-corrected chi connectivity index (χ3v) is 3.82. The summed E-state index contributed by atoms with van der Waals surface area (Å²) in [6, 6.07) is 8.41. The minimum Gasteiger partial charge on any atom is -0.339 e. The minimum atomic E-state index is 0.290. The molecule has 2 rings (SSSR count). The summed E-state index contributed by atoms with van der Waals surface area (Å²) in [5.74, 6) is 0.816. The van der Waals surface area contributed by atoms with Crippen LogP contribution in [0.4, 0.5) is 0 Å². The van der Waals surface area contributed by atoms with E-state index >= 15 is 0 Å². The molecule has 1 fully saturated rings. The van der Waals surface area contributed by atoms with Crippen molar-refractivity contribution in [3.8, 4) is 0 Å². The van der Waals surface area contributed by atoms with Crippen molar-refractivity contribution in [3.05, 3.63) is 35.4 Å². The molecule has 1 aliphatic rings. The fraction of sp³-hybridized carbons (Fsp3) is 0.562. The van der Waals surface area contributed by atoms with Gasteiger partial charge in [-0.05, 0) is 44.8 Å². The maximum absolute atomic E-state index is 12.3. The lowest BCUT2D eigenvalue weighted by atomic mass is 10.0. The first-order valence-electron chi connectivity index (χ1n) is 7.23. The zero-order valence-corrected chi connectivity index (χ0v) is 12.0. The van der Waals surface area contributed by atoms with E-state index in [2.05, 4.69) is 43.4 Å². The van der Waals surface area contributed by atoms with Crippen molar-refractivity contribution in [1.82, 2.24) is 10.2 Å². The van der Waals surface area contributed by atoms with Crippen molar-refractivity contribution in [3.63, 3.8) is 0 Å². The molecular weight excluding hydrogens is 236 g/mol. The number of carbonyl (C=O) groups excluding carboxylic acids is 1. The summed E-state index contributed by atoms with van der Waals surface area (Å²) in [7, 11) is 0. The molecule has 1 saturated heterocycles. The zero-order valence-electron chi connectivity index (χ0n) is 12.0. The van der Waals surface area contributed by atoms with E-state index in [1.165, 1.54) is 11.1 Å². The lowest BCUT2D eigenvalue weighted by molar-refractivity contribution is -0.132. The number of nitrogens with one attached hydrogen (secondary N) is 1. The minimum absolute atomic E-state index is 0.290. The first-order valence-corrected chi connectivity index (χ1v) is 7.23. The van der Waals surface area contributed by atoms with E-state index in [1.54, 1.807) is 0 Å². The Kier molecular flexibility index (Phi) is 4.97. The molecule has 1 N–H and O–H groups in total. The molecule has 1 unspecified atom stereocenters. The lowest BCUT2D eigenvalue weighted by Crippen LogP contribution is -2.32. The van der Waals surface area contributed by atoms with Gasteiger partial charge in [-0.3, -0.25) is 4.79 Å². The van der Waals surface area contributed by atoms with Crippen molar-refractivity contribution in [1.29, 1.82) is 0 Å². The predicted molar refractivity (Wildman–Crippen MR) is 77.9 cm³/mol. The fourth-order valence-electron chi connectivity index (χ4n) is 2.67. The Hall–Kier alpha value is -1.35. The second kappa shape index (κ2) is 6.71. The monoisotopic (exact) mass is 260 g/mol. The van der Waals surface area contributed by atoms with Crippen molar-refractivity contribution in [2.75, 3.05) is 19.6 Å². The van der Waals surface area contributed by atoms with E-state index in [0.29, 0.717) is 12.3 Å². The predicted octanol–water partition coefficient (Wildman–Crippen LogP) is 2.34. The molecule has 0 bridgehead atoms. The average Bonchev–Trinajstić information content (AvgIpc) is 2.88. The molecule has 1 amide bonds. The van der Waals surface area contributed by atoms with E-state index in [9.17, 15) is 4.79 Å². The summed E-state index contributed by atoms with van der Waals surface area (Å²) in [4.78, 5) is 14.3. The highest BCUT2D eigenvalue weighted by molar-refractivity contribution is 5.76. The second-order valence-corrected chi connectivity index (χ2v) is 5.46. The number of benzene rings is 1. The van der Waals surface area contributed by atoms with Gasteiger partial charge in [0.1, 0.15) is 0 Å². The summed E-state index contributed by atoms with van der Waals surface area (Å²) < 4.78 is 0. The number of rotatable bonds is 5. The summed E-state index contributed by atoms with van der Waals surface area (Å²) >= 11 is 0. The maximum Gasteiger partial charge on any atom is 0.223 e. The number of hydrogen-bond acceptors (Lipinski definition) is 2. The molecule has 0 saturated carbocycles. The molecule has 3 nitrogen and oxygen atoms in total. The zero-order chi connectivity index (χ0) is 13.7. The van der Waals surface area contributed by atoms with Gasteiger partial charge in [-0.25, -0.2) is 0 Å². The molecule has 0 spiro atoms. The second-order valence-electron chi connectivity index (χ2n) is 5.46. The molecule has 0 radical (unpaired) electrons. The number of nitrogens with zero attached hydrogens (tertiary/aromatic N) is 1. The molecule has 1 aromatic carbocycles. The molecule has 3 heteroatoms. The third kappa shape index (κ3) is 4.06. The van der Waals surface area contributed by atoms with E-state index in [1.807, 2.05) is 4.90 Å². The van der Waals surface area contributed by atoms with Crippen LogP contribution >= 0.6 is 0 Å². The summed E-state index contributed by atoms with van der Waals surface area (Å²) in [5.41, 5.74) is 2.47. The van der Waals surface area contributed by atoms with Crippen LogP contribution in [0.1, 0.15) is 30.9 Å². The van der Waals surface area contributed by atoms with Gasteiger partial charge in [0.05, 0.1) is 0 Å². The van der Waals surface area contributed by atoms with Crippen LogP contribution in [-0.2, 0) is 11.3 Å². The van der Waals surface area contributed by atoms with E-state index < -0.39 is 0 Å². The van der Waals surface area contributed by atoms with Gasteiger partial charge in [-0.1, -0.05) is 29.8 Å². The molecule has 19 heavy (non-hydrogen) atoms. The van der Waals surface area contributed by atoms with Crippen LogP contribution in [-0.4, -0.2) is 30.4 Å². The Morgan fingerprint density at radius 3 is 2.95 bits per heavy atom. The molecule has 1 heterocycles. The van der Waals surface area contributed by atoms with Gasteiger partial charge < -0.3 is 10.2 Å². The van der Waals surface area contributed by atoms with Gasteiger partial charge in [0.2, 0.25) is 5.91 Å². The highest BCUT2D eigenvalue weighted by Gasteiger charge is 2.21. The SMILES string of the molecule is CCN(Cc1cccc(C)c1)C(=O)CC1CCNC1. The quantitative estimate of drug-likeness (QED) is 0.881. The van der Waals surface area contributed by atoms with Gasteiger partial charge in [-0.2, -0.15) is 0 Å². The highest BCUT2D eigenvalue weighted by Crippen LogP contribution is 2.15. The smallest absolute Gasteiger partial charge is 0.223 e. The number of carbonyl (C=O) groups is 1. The normalized spacial score (nSPS) is 18.5. The molecule has 0 aliphatic carbocycles. The highest BCUT2D eigenvalue weighted by atomic mass is 16.2. The Balaban J connectivity index is 1.93. The van der Waals surface area contributed by atoms with Gasteiger partial charge in [0.15, 0.2) is 0 Å². The Bertz CT molecular complexity index is 425. The Morgan fingerprint density at radius 1 is 1.47 bits per heavy atom. The van der Waals surface area contributed by atoms with Crippen LogP contribution in [0.25, 0.3) is 0 Å². The largest absolute Gasteiger partial charge is 0.339 e. The maximum atomic E-state index is 12.3. The van der Waals surface area contributed by atoms with Crippen molar-refractivity contribution < 1.29 is 4.79 Å². The van der Waals surface area contributed by atoms with Crippen molar-refractivity contribution in [2.24, 2.45) is 5.92 Å². The molecule has 104 valence electrons. The number of aryl methyl sites for hydroxylation is 1. The molecule has 0 aromatic heterocycles. The van der Waals surface area contributed by atoms with Crippen LogP contribution in [0.15, 0.2) is 24.3 Å². The van der Waals surface area contributed by atoms with Gasteiger partial charge in [-0.15, -0.1) is 0 Å². The van der Waals surface area contributed by atoms with E-state index in [0.717, 1.165) is 32.6 Å². The van der Waals surface area contributed by atoms with E-state index in [-0.39, 0.29) is 5.91 Å². The van der Waals surface area contributed by atoms with Gasteiger partial charge in [0, 0.05) is 19.5 Å². The Morgan fingerprint density at radius 2 is 2.32 bits per heavy atom. The van der Waals surface area contributed by atoms with Crippen molar-refractivity contribution >= 4 is 5.91 Å². The van der Waals surface area contributed by atoms with Gasteiger partial charge in [0.25, 0.3) is 0 Å². The van der Waals surface area contributed by atoms with Crippen LogP contribution in [0.3, 0.4) is 0 Å². The number of hydrogen-bond donors (Lipinski definition) is 1. The summed E-state index contributed by atoms with van der Waals surface area (Å²) in [6.07, 6.45) is 1.82. The van der Waals surface area contributed by atoms with Crippen molar-refractivity contribution in [2.45, 2.75) is 33.2 Å². The first kappa shape index (κ1) is 14.1. The molecule has 1 aromatic rings. The number of amides is 1. The van der Waals surface area contributed by atoms with Crippen LogP contribution in [0, 0.1) is 12.8 Å². The van der Waals surface area contributed by atoms with E-state index in [4.69, 9.17) is 0 Å². The molecule has 1 atom stereocenters. The van der Waals surface area contributed by atoms with Gasteiger partial charge >= 0.3 is 0 Å². The fourth-order valence-corrected chi connectivity index (χ4v) is 2.67. The molecular formula is C16H24N2O. The standard InChI is InChI=1S/C16H24N2O/c1-3-18(12-15-6-4-5-13(2)9-15)16(19)10-14-7-8-17-11-14/h4-6,9,14,17H,3,7-8,10-12H2,1-2H3.